The standard InChI is InChI=1S/C15H27N3S/c1-3-7-16-10-14-5-4-8-18(11-14)9-6-15-13(2)17-12-19-15/h12,14,16H,3-11H2,1-2H3. The molecular formula is C15H27N3S. The minimum atomic E-state index is 0.850. The first-order valence-electron chi connectivity index (χ1n) is 7.61. The highest BCUT2D eigenvalue weighted by molar-refractivity contribution is 7.09. The van der Waals surface area contributed by atoms with Gasteiger partial charge in [-0.25, -0.2) is 4.98 Å². The fraction of sp³-hybridized carbons (Fsp3) is 0.800. The molecule has 0 amide bonds. The molecule has 4 heteroatoms. The van der Waals surface area contributed by atoms with Gasteiger partial charge >= 0.3 is 0 Å². The van der Waals surface area contributed by atoms with Gasteiger partial charge in [0, 0.05) is 18.0 Å². The third kappa shape index (κ3) is 4.86. The molecule has 0 bridgehead atoms. The lowest BCUT2D eigenvalue weighted by Crippen LogP contribution is -2.40. The molecule has 1 aromatic rings. The highest BCUT2D eigenvalue weighted by atomic mass is 32.1. The highest BCUT2D eigenvalue weighted by Gasteiger charge is 2.19. The minimum absolute atomic E-state index is 0.850. The van der Waals surface area contributed by atoms with Crippen molar-refractivity contribution in [3.8, 4) is 0 Å². The predicted molar refractivity (Wildman–Crippen MR) is 82.9 cm³/mol. The average molecular weight is 281 g/mol. The van der Waals surface area contributed by atoms with Crippen LogP contribution in [0.5, 0.6) is 0 Å². The zero-order chi connectivity index (χ0) is 13.5. The monoisotopic (exact) mass is 281 g/mol. The normalized spacial score (nSPS) is 20.8. The van der Waals surface area contributed by atoms with Gasteiger partial charge in [-0.3, -0.25) is 0 Å². The summed E-state index contributed by atoms with van der Waals surface area (Å²) in [5.41, 5.74) is 3.20. The van der Waals surface area contributed by atoms with Gasteiger partial charge < -0.3 is 10.2 Å². The van der Waals surface area contributed by atoms with Crippen LogP contribution in [0.4, 0.5) is 0 Å². The smallest absolute Gasteiger partial charge is 0.0797 e. The Bertz CT molecular complexity index is 364. The Morgan fingerprint density at radius 3 is 3.16 bits per heavy atom. The molecule has 1 aromatic heterocycles. The number of hydrogen-bond donors (Lipinski definition) is 1. The van der Waals surface area contributed by atoms with Gasteiger partial charge in [-0.1, -0.05) is 6.92 Å². The topological polar surface area (TPSA) is 28.2 Å². The lowest BCUT2D eigenvalue weighted by Gasteiger charge is -2.32. The van der Waals surface area contributed by atoms with Crippen LogP contribution in [0.15, 0.2) is 5.51 Å². The fourth-order valence-electron chi connectivity index (χ4n) is 2.83. The van der Waals surface area contributed by atoms with E-state index in [2.05, 4.69) is 29.0 Å². The van der Waals surface area contributed by atoms with Crippen molar-refractivity contribution in [1.82, 2.24) is 15.2 Å². The molecule has 1 aliphatic rings. The Morgan fingerprint density at radius 2 is 2.42 bits per heavy atom. The van der Waals surface area contributed by atoms with Gasteiger partial charge in [0.25, 0.3) is 0 Å². The van der Waals surface area contributed by atoms with Crippen molar-refractivity contribution in [1.29, 1.82) is 0 Å². The van der Waals surface area contributed by atoms with Crippen LogP contribution in [0.2, 0.25) is 0 Å². The van der Waals surface area contributed by atoms with E-state index in [0.29, 0.717) is 0 Å². The van der Waals surface area contributed by atoms with Crippen molar-refractivity contribution >= 4 is 11.3 Å². The molecule has 0 aliphatic carbocycles. The van der Waals surface area contributed by atoms with E-state index in [1.165, 1.54) is 62.4 Å². The summed E-state index contributed by atoms with van der Waals surface area (Å²) in [5, 5.41) is 3.57. The van der Waals surface area contributed by atoms with E-state index >= 15 is 0 Å². The first-order valence-corrected chi connectivity index (χ1v) is 8.49. The summed E-state index contributed by atoms with van der Waals surface area (Å²) in [6, 6.07) is 0. The molecule has 0 radical (unpaired) electrons. The molecule has 1 aliphatic heterocycles. The summed E-state index contributed by atoms with van der Waals surface area (Å²) in [4.78, 5) is 8.44. The first-order chi connectivity index (χ1) is 9.29. The molecule has 108 valence electrons. The number of nitrogens with one attached hydrogen (secondary N) is 1. The second-order valence-corrected chi connectivity index (χ2v) is 6.56. The molecule has 1 N–H and O–H groups in total. The van der Waals surface area contributed by atoms with E-state index in [1.54, 1.807) is 11.3 Å². The SMILES string of the molecule is CCCNCC1CCCN(CCc2scnc2C)C1. The number of aryl methyl sites for hydroxylation is 1. The van der Waals surface area contributed by atoms with Crippen LogP contribution in [0.25, 0.3) is 0 Å². The number of aromatic nitrogens is 1. The number of thiazole rings is 1. The van der Waals surface area contributed by atoms with E-state index < -0.39 is 0 Å². The lowest BCUT2D eigenvalue weighted by atomic mass is 9.98. The van der Waals surface area contributed by atoms with Crippen molar-refractivity contribution in [2.75, 3.05) is 32.7 Å². The van der Waals surface area contributed by atoms with Gasteiger partial charge in [0.2, 0.25) is 0 Å². The van der Waals surface area contributed by atoms with E-state index in [1.807, 2.05) is 5.51 Å². The molecule has 3 nitrogen and oxygen atoms in total. The average Bonchev–Trinajstić information content (AvgIpc) is 2.83. The molecule has 1 fully saturated rings. The molecular weight excluding hydrogens is 254 g/mol. The number of piperidine rings is 1. The number of hydrogen-bond acceptors (Lipinski definition) is 4. The zero-order valence-corrected chi connectivity index (χ0v) is 13.1. The molecule has 2 rings (SSSR count). The van der Waals surface area contributed by atoms with Crippen molar-refractivity contribution in [2.24, 2.45) is 5.92 Å². The Kier molecular flexibility index (Phi) is 6.28. The third-order valence-corrected chi connectivity index (χ3v) is 4.96. The van der Waals surface area contributed by atoms with E-state index in [0.717, 1.165) is 12.5 Å². The summed E-state index contributed by atoms with van der Waals surface area (Å²) in [6.07, 6.45) is 5.17. The van der Waals surface area contributed by atoms with Crippen LogP contribution in [-0.4, -0.2) is 42.6 Å². The van der Waals surface area contributed by atoms with Gasteiger partial charge in [0.15, 0.2) is 0 Å². The van der Waals surface area contributed by atoms with Crippen molar-refractivity contribution in [3.05, 3.63) is 16.1 Å². The Balaban J connectivity index is 1.70. The molecule has 1 atom stereocenters. The summed E-state index contributed by atoms with van der Waals surface area (Å²) >= 11 is 1.81. The molecule has 0 saturated carbocycles. The maximum Gasteiger partial charge on any atom is 0.0797 e. The zero-order valence-electron chi connectivity index (χ0n) is 12.3. The Labute approximate surface area is 121 Å². The summed E-state index contributed by atoms with van der Waals surface area (Å²) in [5.74, 6) is 0.850. The van der Waals surface area contributed by atoms with Crippen LogP contribution in [0.3, 0.4) is 0 Å². The Hall–Kier alpha value is -0.450. The lowest BCUT2D eigenvalue weighted by molar-refractivity contribution is 0.174. The van der Waals surface area contributed by atoms with Gasteiger partial charge in [-0.15, -0.1) is 11.3 Å². The van der Waals surface area contributed by atoms with Crippen molar-refractivity contribution < 1.29 is 0 Å². The van der Waals surface area contributed by atoms with Gasteiger partial charge in [0.1, 0.15) is 0 Å². The third-order valence-electron chi connectivity index (χ3n) is 3.96. The maximum absolute atomic E-state index is 4.34. The molecule has 2 heterocycles. The second kappa shape index (κ2) is 7.98. The quantitative estimate of drug-likeness (QED) is 0.779. The molecule has 0 aromatic carbocycles. The van der Waals surface area contributed by atoms with E-state index in [-0.39, 0.29) is 0 Å². The van der Waals surface area contributed by atoms with Crippen molar-refractivity contribution in [2.45, 2.75) is 39.5 Å². The summed E-state index contributed by atoms with van der Waals surface area (Å²) in [7, 11) is 0. The van der Waals surface area contributed by atoms with Gasteiger partial charge in [-0.2, -0.15) is 0 Å². The van der Waals surface area contributed by atoms with Crippen LogP contribution in [0.1, 0.15) is 36.8 Å². The Morgan fingerprint density at radius 1 is 1.53 bits per heavy atom. The fourth-order valence-corrected chi connectivity index (χ4v) is 3.60. The van der Waals surface area contributed by atoms with Gasteiger partial charge in [0.05, 0.1) is 11.2 Å². The van der Waals surface area contributed by atoms with E-state index in [4.69, 9.17) is 0 Å². The molecule has 0 spiro atoms. The van der Waals surface area contributed by atoms with Crippen LogP contribution < -0.4 is 5.32 Å². The number of likely N-dealkylation sites (tertiary alicyclic amines) is 1. The predicted octanol–water partition coefficient (Wildman–Crippen LogP) is 2.71. The number of nitrogens with zero attached hydrogens (tertiary/aromatic N) is 2. The molecule has 19 heavy (non-hydrogen) atoms. The van der Waals surface area contributed by atoms with Crippen LogP contribution >= 0.6 is 11.3 Å². The maximum atomic E-state index is 4.34. The summed E-state index contributed by atoms with van der Waals surface area (Å²) < 4.78 is 0. The molecule has 1 saturated heterocycles. The van der Waals surface area contributed by atoms with E-state index in [9.17, 15) is 0 Å². The minimum Gasteiger partial charge on any atom is -0.316 e. The first kappa shape index (κ1) is 14.9. The highest BCUT2D eigenvalue weighted by Crippen LogP contribution is 2.18. The van der Waals surface area contributed by atoms with Crippen LogP contribution in [0, 0.1) is 12.8 Å². The molecule has 1 unspecified atom stereocenters. The van der Waals surface area contributed by atoms with Gasteiger partial charge in [-0.05, 0) is 58.2 Å². The van der Waals surface area contributed by atoms with Crippen molar-refractivity contribution in [3.63, 3.8) is 0 Å². The largest absolute Gasteiger partial charge is 0.316 e. The second-order valence-electron chi connectivity index (χ2n) is 5.62. The van der Waals surface area contributed by atoms with Crippen LogP contribution in [-0.2, 0) is 6.42 Å². The number of rotatable bonds is 7. The summed E-state index contributed by atoms with van der Waals surface area (Å²) in [6.45, 7) is 10.5.